The molecule has 0 saturated carbocycles. The van der Waals surface area contributed by atoms with Crippen molar-refractivity contribution < 1.29 is 18.3 Å². The number of hydrogen-bond acceptors (Lipinski definition) is 5. The second-order valence-corrected chi connectivity index (χ2v) is 4.44. The third kappa shape index (κ3) is 1.78. The lowest BCUT2D eigenvalue weighted by molar-refractivity contribution is 0.0691. The van der Waals surface area contributed by atoms with Crippen LogP contribution in [-0.2, 0) is 10.0 Å². The molecule has 1 rings (SSSR count). The van der Waals surface area contributed by atoms with Gasteiger partial charge >= 0.3 is 5.97 Å². The lowest BCUT2D eigenvalue weighted by Crippen LogP contribution is -2.12. The molecule has 1 aromatic rings. The van der Waals surface area contributed by atoms with E-state index in [2.05, 4.69) is 4.98 Å². The first kappa shape index (κ1) is 9.10. The number of nitrogens with two attached hydrogens (primary N) is 1. The molecule has 1 heterocycles. The second kappa shape index (κ2) is 2.81. The number of aromatic carboxylic acids is 1. The molecular formula is C4H4N2O4S2. The van der Waals surface area contributed by atoms with Crippen molar-refractivity contribution in [3.63, 3.8) is 0 Å². The molecular weight excluding hydrogens is 204 g/mol. The minimum atomic E-state index is -3.87. The first-order chi connectivity index (χ1) is 5.41. The fourth-order valence-corrected chi connectivity index (χ4v) is 1.91. The molecule has 0 spiro atoms. The smallest absolute Gasteiger partial charge is 0.355 e. The molecule has 8 heteroatoms. The molecule has 0 unspecified atom stereocenters. The third-order valence-corrected chi connectivity index (χ3v) is 3.14. The van der Waals surface area contributed by atoms with Crippen molar-refractivity contribution in [1.82, 2.24) is 4.98 Å². The predicted octanol–water partition coefficient (Wildman–Crippen LogP) is -0.511. The van der Waals surface area contributed by atoms with E-state index in [4.69, 9.17) is 10.2 Å². The van der Waals surface area contributed by atoms with Crippen molar-refractivity contribution in [2.75, 3.05) is 0 Å². The van der Waals surface area contributed by atoms with Gasteiger partial charge in [0.25, 0.3) is 10.0 Å². The number of aromatic nitrogens is 1. The third-order valence-electron chi connectivity index (χ3n) is 0.946. The quantitative estimate of drug-likeness (QED) is 0.680. The fraction of sp³-hybridized carbons (Fsp3) is 0. The van der Waals surface area contributed by atoms with Gasteiger partial charge < -0.3 is 5.11 Å². The van der Waals surface area contributed by atoms with Crippen molar-refractivity contribution in [1.29, 1.82) is 0 Å². The minimum absolute atomic E-state index is 0.316. The van der Waals surface area contributed by atoms with E-state index >= 15 is 0 Å². The SMILES string of the molecule is NS(=O)(=O)c1nc(C(=O)O)cs1. The van der Waals surface area contributed by atoms with Crippen molar-refractivity contribution in [2.24, 2.45) is 5.14 Å². The van der Waals surface area contributed by atoms with Crippen LogP contribution >= 0.6 is 11.3 Å². The number of primary sulfonamides is 1. The summed E-state index contributed by atoms with van der Waals surface area (Å²) in [5.74, 6) is -1.28. The number of hydrogen-bond donors (Lipinski definition) is 2. The Balaban J connectivity index is 3.17. The van der Waals surface area contributed by atoms with Gasteiger partial charge in [-0.2, -0.15) is 0 Å². The molecule has 0 saturated heterocycles. The van der Waals surface area contributed by atoms with Gasteiger partial charge in [0.15, 0.2) is 5.69 Å². The standard InChI is InChI=1S/C4H4N2O4S2/c5-12(9,10)4-6-2(1-11-4)3(7)8/h1H,(H,7,8)(H2,5,9,10). The molecule has 0 atom stereocenters. The van der Waals surface area contributed by atoms with Gasteiger partial charge in [0.1, 0.15) is 0 Å². The Labute approximate surface area is 71.7 Å². The van der Waals surface area contributed by atoms with Crippen LogP contribution in [0.25, 0.3) is 0 Å². The first-order valence-corrected chi connectivity index (χ1v) is 5.05. The van der Waals surface area contributed by atoms with Crippen LogP contribution in [0.4, 0.5) is 0 Å². The van der Waals surface area contributed by atoms with Crippen LogP contribution in [-0.4, -0.2) is 24.5 Å². The molecule has 66 valence electrons. The Hall–Kier alpha value is -0.990. The number of carbonyl (C=O) groups is 1. The van der Waals surface area contributed by atoms with Crippen LogP contribution in [0.1, 0.15) is 10.5 Å². The summed E-state index contributed by atoms with van der Waals surface area (Å²) >= 11 is 0.680. The highest BCUT2D eigenvalue weighted by atomic mass is 32.2. The Bertz CT molecular complexity index is 406. The molecule has 0 aliphatic heterocycles. The zero-order valence-corrected chi connectivity index (χ0v) is 7.22. The maximum absolute atomic E-state index is 10.6. The molecule has 0 fully saturated rings. The number of nitrogens with zero attached hydrogens (tertiary/aromatic N) is 1. The molecule has 0 aromatic carbocycles. The van der Waals surface area contributed by atoms with Crippen molar-refractivity contribution in [3.05, 3.63) is 11.1 Å². The number of sulfonamides is 1. The monoisotopic (exact) mass is 208 g/mol. The van der Waals surface area contributed by atoms with E-state index in [1.54, 1.807) is 0 Å². The van der Waals surface area contributed by atoms with E-state index in [0.717, 1.165) is 5.38 Å². The van der Waals surface area contributed by atoms with Gasteiger partial charge in [0.2, 0.25) is 4.34 Å². The van der Waals surface area contributed by atoms with Crippen molar-refractivity contribution in [2.45, 2.75) is 4.34 Å². The highest BCUT2D eigenvalue weighted by Crippen LogP contribution is 2.13. The van der Waals surface area contributed by atoms with Crippen LogP contribution in [0.2, 0.25) is 0 Å². The summed E-state index contributed by atoms with van der Waals surface area (Å²) in [5, 5.41) is 14.2. The van der Waals surface area contributed by atoms with Gasteiger partial charge in [-0.15, -0.1) is 11.3 Å². The Morgan fingerprint density at radius 2 is 2.25 bits per heavy atom. The van der Waals surface area contributed by atoms with E-state index in [9.17, 15) is 13.2 Å². The molecule has 0 amide bonds. The van der Waals surface area contributed by atoms with Crippen molar-refractivity contribution in [3.8, 4) is 0 Å². The largest absolute Gasteiger partial charge is 0.476 e. The number of thiazole rings is 1. The van der Waals surface area contributed by atoms with E-state index < -0.39 is 16.0 Å². The normalized spacial score (nSPS) is 11.4. The average molecular weight is 208 g/mol. The Morgan fingerprint density at radius 3 is 2.50 bits per heavy atom. The summed E-state index contributed by atoms with van der Waals surface area (Å²) < 4.78 is 20.8. The van der Waals surface area contributed by atoms with E-state index in [-0.39, 0.29) is 10.0 Å². The maximum Gasteiger partial charge on any atom is 0.355 e. The zero-order chi connectivity index (χ0) is 9.35. The van der Waals surface area contributed by atoms with Crippen molar-refractivity contribution >= 4 is 27.3 Å². The van der Waals surface area contributed by atoms with Crippen LogP contribution in [0, 0.1) is 0 Å². The molecule has 6 nitrogen and oxygen atoms in total. The predicted molar refractivity (Wildman–Crippen MR) is 40.4 cm³/mol. The van der Waals surface area contributed by atoms with E-state index in [1.807, 2.05) is 0 Å². The zero-order valence-electron chi connectivity index (χ0n) is 5.59. The van der Waals surface area contributed by atoms with Gasteiger partial charge in [0, 0.05) is 5.38 Å². The summed E-state index contributed by atoms with van der Waals surface area (Å²) in [6, 6.07) is 0. The Kier molecular flexibility index (Phi) is 2.13. The molecule has 12 heavy (non-hydrogen) atoms. The summed E-state index contributed by atoms with van der Waals surface area (Å²) in [5.41, 5.74) is -0.316. The van der Waals surface area contributed by atoms with E-state index in [0.29, 0.717) is 11.3 Å². The summed E-state index contributed by atoms with van der Waals surface area (Å²) in [4.78, 5) is 13.5. The first-order valence-electron chi connectivity index (χ1n) is 2.63. The minimum Gasteiger partial charge on any atom is -0.476 e. The molecule has 3 N–H and O–H groups in total. The highest BCUT2D eigenvalue weighted by Gasteiger charge is 2.16. The molecule has 1 aromatic heterocycles. The van der Waals surface area contributed by atoms with Crippen LogP contribution in [0.15, 0.2) is 9.72 Å². The molecule has 0 bridgehead atoms. The molecule has 0 aliphatic rings. The van der Waals surface area contributed by atoms with Crippen LogP contribution < -0.4 is 5.14 Å². The van der Waals surface area contributed by atoms with E-state index in [1.165, 1.54) is 0 Å². The average Bonchev–Trinajstić information content (AvgIpc) is 2.30. The van der Waals surface area contributed by atoms with Gasteiger partial charge in [-0.25, -0.2) is 23.3 Å². The fourth-order valence-electron chi connectivity index (χ4n) is 0.486. The summed E-state index contributed by atoms with van der Waals surface area (Å²) in [6.45, 7) is 0. The van der Waals surface area contributed by atoms with Crippen LogP contribution in [0.5, 0.6) is 0 Å². The lowest BCUT2D eigenvalue weighted by atomic mass is 10.5. The lowest BCUT2D eigenvalue weighted by Gasteiger charge is -1.86. The van der Waals surface area contributed by atoms with Gasteiger partial charge in [-0.1, -0.05) is 0 Å². The maximum atomic E-state index is 10.6. The molecule has 0 radical (unpaired) electrons. The topological polar surface area (TPSA) is 110 Å². The number of carboxylic acid groups (broad SMARTS) is 1. The number of carboxylic acids is 1. The number of rotatable bonds is 2. The second-order valence-electron chi connectivity index (χ2n) is 1.85. The van der Waals surface area contributed by atoms with Gasteiger partial charge in [0.05, 0.1) is 0 Å². The summed E-state index contributed by atoms with van der Waals surface area (Å²) in [7, 11) is -3.87. The highest BCUT2D eigenvalue weighted by molar-refractivity contribution is 7.91. The summed E-state index contributed by atoms with van der Waals surface area (Å²) in [6.07, 6.45) is 0. The molecule has 0 aliphatic carbocycles. The Morgan fingerprint density at radius 1 is 1.67 bits per heavy atom. The van der Waals surface area contributed by atoms with Gasteiger partial charge in [-0.3, -0.25) is 0 Å². The van der Waals surface area contributed by atoms with Crippen LogP contribution in [0.3, 0.4) is 0 Å². The van der Waals surface area contributed by atoms with Gasteiger partial charge in [-0.05, 0) is 0 Å².